The molecule has 84 valence electrons. The summed E-state index contributed by atoms with van der Waals surface area (Å²) in [6.07, 6.45) is 0. The van der Waals surface area contributed by atoms with E-state index in [2.05, 4.69) is 9.97 Å². The highest BCUT2D eigenvalue weighted by Crippen LogP contribution is 2.29. The zero-order chi connectivity index (χ0) is 11.8. The summed E-state index contributed by atoms with van der Waals surface area (Å²) in [6.45, 7) is 0. The summed E-state index contributed by atoms with van der Waals surface area (Å²) in [4.78, 5) is 8.59. The number of benzene rings is 1. The molecule has 0 spiro atoms. The molecule has 0 bridgehead atoms. The van der Waals surface area contributed by atoms with Gasteiger partial charge in [-0.2, -0.15) is 0 Å². The first-order valence-electron chi connectivity index (χ1n) is 5.01. The molecule has 3 rings (SSSR count). The van der Waals surface area contributed by atoms with Crippen molar-refractivity contribution in [2.45, 2.75) is 0 Å². The summed E-state index contributed by atoms with van der Waals surface area (Å²) < 4.78 is 13.9. The molecule has 2 heterocycles. The van der Waals surface area contributed by atoms with Gasteiger partial charge >= 0.3 is 0 Å². The Morgan fingerprint density at radius 1 is 1.12 bits per heavy atom. The predicted octanol–water partition coefficient (Wildman–Crippen LogP) is 3.08. The molecule has 0 radical (unpaired) electrons. The number of nitrogen functional groups attached to an aromatic ring is 1. The van der Waals surface area contributed by atoms with Crippen molar-refractivity contribution >= 4 is 27.4 Å². The van der Waals surface area contributed by atoms with Gasteiger partial charge in [0.1, 0.15) is 22.3 Å². The molecule has 0 amide bonds. The van der Waals surface area contributed by atoms with E-state index >= 15 is 0 Å². The van der Waals surface area contributed by atoms with Gasteiger partial charge in [-0.3, -0.25) is 0 Å². The van der Waals surface area contributed by atoms with Crippen molar-refractivity contribution < 1.29 is 4.39 Å². The van der Waals surface area contributed by atoms with Crippen molar-refractivity contribution in [3.05, 3.63) is 42.2 Å². The first kappa shape index (κ1) is 10.2. The summed E-state index contributed by atoms with van der Waals surface area (Å²) in [5.74, 6) is 0.196. The SMILES string of the molecule is Nc1cccc(-c2nc3ccc(F)cc3s2)n1. The number of nitrogens with two attached hydrogens (primary N) is 1. The highest BCUT2D eigenvalue weighted by molar-refractivity contribution is 7.21. The number of rotatable bonds is 1. The van der Waals surface area contributed by atoms with E-state index in [1.165, 1.54) is 23.5 Å². The quantitative estimate of drug-likeness (QED) is 0.716. The van der Waals surface area contributed by atoms with Gasteiger partial charge in [-0.05, 0) is 30.3 Å². The molecule has 0 aliphatic heterocycles. The molecule has 0 aliphatic carbocycles. The van der Waals surface area contributed by atoms with Gasteiger partial charge in [0, 0.05) is 0 Å². The third-order valence-electron chi connectivity index (χ3n) is 2.34. The van der Waals surface area contributed by atoms with E-state index in [1.807, 2.05) is 12.1 Å². The summed E-state index contributed by atoms with van der Waals surface area (Å²) in [6, 6.07) is 9.92. The average Bonchev–Trinajstić information content (AvgIpc) is 2.72. The first-order chi connectivity index (χ1) is 8.22. The van der Waals surface area contributed by atoms with Crippen LogP contribution in [0.3, 0.4) is 0 Å². The largest absolute Gasteiger partial charge is 0.384 e. The molecule has 1 aromatic carbocycles. The Hall–Kier alpha value is -2.01. The normalized spacial score (nSPS) is 10.9. The van der Waals surface area contributed by atoms with Crippen LogP contribution in [0.1, 0.15) is 0 Å². The molecular formula is C12H8FN3S. The maximum atomic E-state index is 13.1. The minimum absolute atomic E-state index is 0.256. The van der Waals surface area contributed by atoms with Crippen LogP contribution in [-0.2, 0) is 0 Å². The minimum atomic E-state index is -0.256. The lowest BCUT2D eigenvalue weighted by Crippen LogP contribution is -1.90. The van der Waals surface area contributed by atoms with Gasteiger partial charge in [-0.25, -0.2) is 14.4 Å². The number of hydrogen-bond acceptors (Lipinski definition) is 4. The Morgan fingerprint density at radius 2 is 2.00 bits per heavy atom. The first-order valence-corrected chi connectivity index (χ1v) is 5.83. The Labute approximate surface area is 101 Å². The lowest BCUT2D eigenvalue weighted by Gasteiger charge is -1.95. The maximum absolute atomic E-state index is 13.1. The van der Waals surface area contributed by atoms with Crippen molar-refractivity contribution in [2.75, 3.05) is 5.73 Å². The molecule has 3 aromatic rings. The van der Waals surface area contributed by atoms with Crippen molar-refractivity contribution in [2.24, 2.45) is 0 Å². The van der Waals surface area contributed by atoms with Crippen LogP contribution in [0.25, 0.3) is 20.9 Å². The van der Waals surface area contributed by atoms with Gasteiger partial charge in [0.2, 0.25) is 0 Å². The molecule has 0 fully saturated rings. The van der Waals surface area contributed by atoms with E-state index in [9.17, 15) is 4.39 Å². The van der Waals surface area contributed by atoms with Gasteiger partial charge in [-0.1, -0.05) is 6.07 Å². The lowest BCUT2D eigenvalue weighted by atomic mass is 10.3. The predicted molar refractivity (Wildman–Crippen MR) is 67.2 cm³/mol. The van der Waals surface area contributed by atoms with E-state index in [-0.39, 0.29) is 5.82 Å². The lowest BCUT2D eigenvalue weighted by molar-refractivity contribution is 0.630. The van der Waals surface area contributed by atoms with Gasteiger partial charge in [0.15, 0.2) is 0 Å². The maximum Gasteiger partial charge on any atom is 0.143 e. The fourth-order valence-corrected chi connectivity index (χ4v) is 2.54. The minimum Gasteiger partial charge on any atom is -0.384 e. The number of hydrogen-bond donors (Lipinski definition) is 1. The van der Waals surface area contributed by atoms with Gasteiger partial charge in [0.05, 0.1) is 10.2 Å². The third-order valence-corrected chi connectivity index (χ3v) is 3.38. The van der Waals surface area contributed by atoms with Crippen LogP contribution in [0.15, 0.2) is 36.4 Å². The number of aromatic nitrogens is 2. The topological polar surface area (TPSA) is 51.8 Å². The summed E-state index contributed by atoms with van der Waals surface area (Å²) in [5.41, 5.74) is 7.11. The van der Waals surface area contributed by atoms with E-state index in [1.54, 1.807) is 12.1 Å². The second-order valence-corrected chi connectivity index (χ2v) is 4.61. The standard InChI is InChI=1S/C12H8FN3S/c13-7-4-5-8-10(6-7)17-12(16-8)9-2-1-3-11(14)15-9/h1-6H,(H2,14,15). The van der Waals surface area contributed by atoms with E-state index in [0.29, 0.717) is 11.5 Å². The van der Waals surface area contributed by atoms with Crippen LogP contribution >= 0.6 is 11.3 Å². The molecule has 5 heteroatoms. The fraction of sp³-hybridized carbons (Fsp3) is 0. The Bertz CT molecular complexity index is 693. The highest BCUT2D eigenvalue weighted by Gasteiger charge is 2.08. The smallest absolute Gasteiger partial charge is 0.143 e. The van der Waals surface area contributed by atoms with Gasteiger partial charge in [-0.15, -0.1) is 11.3 Å². The number of fused-ring (bicyclic) bond motifs is 1. The van der Waals surface area contributed by atoms with E-state index < -0.39 is 0 Å². The van der Waals surface area contributed by atoms with Crippen LogP contribution in [0.2, 0.25) is 0 Å². The second kappa shape index (κ2) is 3.78. The van der Waals surface area contributed by atoms with Crippen molar-refractivity contribution in [3.63, 3.8) is 0 Å². The molecule has 17 heavy (non-hydrogen) atoms. The van der Waals surface area contributed by atoms with E-state index in [0.717, 1.165) is 15.2 Å². The summed E-state index contributed by atoms with van der Waals surface area (Å²) >= 11 is 1.40. The molecule has 0 saturated heterocycles. The van der Waals surface area contributed by atoms with Crippen molar-refractivity contribution in [1.82, 2.24) is 9.97 Å². The van der Waals surface area contributed by atoms with Crippen LogP contribution in [0.5, 0.6) is 0 Å². The third kappa shape index (κ3) is 1.85. The molecular weight excluding hydrogens is 237 g/mol. The highest BCUT2D eigenvalue weighted by atomic mass is 32.1. The summed E-state index contributed by atoms with van der Waals surface area (Å²) in [5, 5.41) is 0.748. The molecule has 0 atom stereocenters. The molecule has 0 aliphatic rings. The second-order valence-electron chi connectivity index (χ2n) is 3.58. The molecule has 0 saturated carbocycles. The Kier molecular flexibility index (Phi) is 2.26. The van der Waals surface area contributed by atoms with Crippen LogP contribution in [0, 0.1) is 5.82 Å². The number of anilines is 1. The number of halogens is 1. The zero-order valence-electron chi connectivity index (χ0n) is 8.72. The number of pyridine rings is 1. The Morgan fingerprint density at radius 3 is 2.82 bits per heavy atom. The van der Waals surface area contributed by atoms with Crippen LogP contribution in [0.4, 0.5) is 10.2 Å². The Balaban J connectivity index is 2.18. The zero-order valence-corrected chi connectivity index (χ0v) is 9.54. The molecule has 2 aromatic heterocycles. The van der Waals surface area contributed by atoms with E-state index in [4.69, 9.17) is 5.73 Å². The average molecular weight is 245 g/mol. The fourth-order valence-electron chi connectivity index (χ4n) is 1.58. The van der Waals surface area contributed by atoms with Crippen LogP contribution in [-0.4, -0.2) is 9.97 Å². The van der Waals surface area contributed by atoms with Gasteiger partial charge < -0.3 is 5.73 Å². The molecule has 2 N–H and O–H groups in total. The summed E-state index contributed by atoms with van der Waals surface area (Å²) in [7, 11) is 0. The van der Waals surface area contributed by atoms with Crippen LogP contribution < -0.4 is 5.73 Å². The number of thiazole rings is 1. The molecule has 3 nitrogen and oxygen atoms in total. The van der Waals surface area contributed by atoms with Crippen molar-refractivity contribution in [3.8, 4) is 10.7 Å². The monoisotopic (exact) mass is 245 g/mol. The van der Waals surface area contributed by atoms with Crippen molar-refractivity contribution in [1.29, 1.82) is 0 Å². The molecule has 0 unspecified atom stereocenters. The number of nitrogens with zero attached hydrogens (tertiary/aromatic N) is 2. The van der Waals surface area contributed by atoms with Gasteiger partial charge in [0.25, 0.3) is 0 Å².